The summed E-state index contributed by atoms with van der Waals surface area (Å²) in [6.07, 6.45) is -4.99. The lowest BCUT2D eigenvalue weighted by Crippen LogP contribution is -2.56. The minimum absolute atomic E-state index is 0.00387. The number of halogens is 6. The summed E-state index contributed by atoms with van der Waals surface area (Å²) < 4.78 is 81.6. The maximum atomic E-state index is 13.6. The Kier molecular flexibility index (Phi) is 6.75. The third kappa shape index (κ3) is 4.79. The lowest BCUT2D eigenvalue weighted by Gasteiger charge is -2.52. The van der Waals surface area contributed by atoms with Crippen LogP contribution in [0.5, 0.6) is 0 Å². The molecule has 3 saturated heterocycles. The molecule has 3 aromatic carbocycles. The van der Waals surface area contributed by atoms with Crippen LogP contribution in [-0.4, -0.2) is 29.0 Å². The zero-order valence-electron chi connectivity index (χ0n) is 22.1. The third-order valence-electron chi connectivity index (χ3n) is 8.64. The highest BCUT2D eigenvalue weighted by atomic mass is 19.4. The molecule has 7 rings (SSSR count). The number of nitrogens with zero attached hydrogens (tertiary/aromatic N) is 2. The molecule has 3 aliphatic heterocycles. The fourth-order valence-corrected chi connectivity index (χ4v) is 6.55. The molecule has 42 heavy (non-hydrogen) atoms. The van der Waals surface area contributed by atoms with Gasteiger partial charge in [-0.15, -0.1) is 6.58 Å². The lowest BCUT2D eigenvalue weighted by atomic mass is 9.73. The molecule has 4 heterocycles. The molecule has 4 aromatic rings. The minimum Gasteiger partial charge on any atom is -0.373 e. The molecule has 3 unspecified atom stereocenters. The Morgan fingerprint density at radius 1 is 0.976 bits per heavy atom. The summed E-state index contributed by atoms with van der Waals surface area (Å²) in [6.45, 7) is 5.46. The number of hydrogen-bond donors (Lipinski definition) is 1. The van der Waals surface area contributed by atoms with Gasteiger partial charge in [0.15, 0.2) is 0 Å². The Hall–Kier alpha value is -3.99. The zero-order chi connectivity index (χ0) is 30.0. The van der Waals surface area contributed by atoms with Crippen LogP contribution in [0.1, 0.15) is 35.6 Å². The average molecular weight is 586 g/mol. The molecule has 5 atom stereocenters. The molecular formula is C31H25F6N3O2. The number of para-hydroxylation sites is 1. The van der Waals surface area contributed by atoms with Gasteiger partial charge in [0.1, 0.15) is 0 Å². The van der Waals surface area contributed by atoms with Gasteiger partial charge >= 0.3 is 12.4 Å². The molecular weight excluding hydrogens is 560 g/mol. The molecule has 11 heteroatoms. The Bertz CT molecular complexity index is 1720. The number of benzene rings is 2. The van der Waals surface area contributed by atoms with Crippen molar-refractivity contribution >= 4 is 16.6 Å². The van der Waals surface area contributed by atoms with E-state index >= 15 is 0 Å². The van der Waals surface area contributed by atoms with Crippen LogP contribution in [0.4, 0.5) is 32.0 Å². The van der Waals surface area contributed by atoms with Crippen LogP contribution < -0.4 is 16.2 Å². The maximum Gasteiger partial charge on any atom is 0.416 e. The number of piperidine rings is 3. The van der Waals surface area contributed by atoms with Gasteiger partial charge in [-0.1, -0.05) is 24.3 Å². The second-order valence-electron chi connectivity index (χ2n) is 11.0. The summed E-state index contributed by atoms with van der Waals surface area (Å²) in [6, 6.07) is 9.29. The predicted molar refractivity (Wildman–Crippen MR) is 147 cm³/mol. The second kappa shape index (κ2) is 10.1. The van der Waals surface area contributed by atoms with Crippen LogP contribution in [0.3, 0.4) is 0 Å². The number of rotatable bonds is 6. The van der Waals surface area contributed by atoms with Crippen LogP contribution in [0.15, 0.2) is 77.0 Å². The molecule has 218 valence electrons. The highest BCUT2D eigenvalue weighted by Gasteiger charge is 2.44. The predicted octanol–water partition coefficient (Wildman–Crippen LogP) is 6.59. The summed E-state index contributed by atoms with van der Waals surface area (Å²) in [4.78, 5) is 32.4. The van der Waals surface area contributed by atoms with Gasteiger partial charge in [0.05, 0.1) is 33.9 Å². The van der Waals surface area contributed by atoms with Gasteiger partial charge in [0.25, 0.3) is 0 Å². The van der Waals surface area contributed by atoms with Crippen molar-refractivity contribution in [2.45, 2.75) is 37.3 Å². The fraction of sp³-hybridized carbons (Fsp3) is 0.323. The van der Waals surface area contributed by atoms with Gasteiger partial charge in [-0.25, -0.2) is 0 Å². The molecule has 5 nitrogen and oxygen atoms in total. The van der Waals surface area contributed by atoms with E-state index in [0.29, 0.717) is 23.6 Å². The standard InChI is InChI=1S/C31H25F6N3O2/c1-2-16-15-40-10-8-17(16)13-24(40)26(22-7-9-38-23-6-4-3-5-21(22)23)39-27-25(28(41)29(27)42)18-11-19(30(32,33)34)14-20(12-18)31(35,36)37/h2-7,9,11-12,14,16-17,24,26,39H,1,8,10,13,15H2/t16?,17?,24-,26-/m0/s1. The molecule has 0 aliphatic carbocycles. The smallest absolute Gasteiger partial charge is 0.373 e. The number of pyridine rings is 1. The van der Waals surface area contributed by atoms with E-state index in [2.05, 4.69) is 21.8 Å². The second-order valence-corrected chi connectivity index (χ2v) is 11.0. The van der Waals surface area contributed by atoms with Crippen LogP contribution in [0.25, 0.3) is 22.0 Å². The number of fused-ring (bicyclic) bond motifs is 4. The number of hydrogen-bond acceptors (Lipinski definition) is 5. The van der Waals surface area contributed by atoms with Gasteiger partial charge in [-0.2, -0.15) is 26.3 Å². The van der Waals surface area contributed by atoms with Crippen molar-refractivity contribution in [1.82, 2.24) is 9.88 Å². The first-order valence-corrected chi connectivity index (χ1v) is 13.5. The van der Waals surface area contributed by atoms with Crippen molar-refractivity contribution < 1.29 is 26.3 Å². The third-order valence-corrected chi connectivity index (χ3v) is 8.64. The zero-order valence-corrected chi connectivity index (χ0v) is 22.1. The number of anilines is 1. The first kappa shape index (κ1) is 28.1. The number of nitrogens with one attached hydrogen (secondary N) is 1. The molecule has 0 saturated carbocycles. The van der Waals surface area contributed by atoms with Crippen molar-refractivity contribution in [1.29, 1.82) is 0 Å². The highest BCUT2D eigenvalue weighted by Crippen LogP contribution is 2.44. The monoisotopic (exact) mass is 585 g/mol. The normalized spacial score (nSPS) is 23.3. The first-order chi connectivity index (χ1) is 19.9. The van der Waals surface area contributed by atoms with Crippen LogP contribution in [0.2, 0.25) is 0 Å². The minimum atomic E-state index is -5.10. The van der Waals surface area contributed by atoms with E-state index in [9.17, 15) is 35.9 Å². The van der Waals surface area contributed by atoms with E-state index in [1.165, 1.54) is 0 Å². The van der Waals surface area contributed by atoms with Gasteiger partial charge in [0.2, 0.25) is 10.9 Å². The molecule has 3 fully saturated rings. The maximum absolute atomic E-state index is 13.6. The number of aromatic nitrogens is 1. The van der Waals surface area contributed by atoms with Gasteiger partial charge < -0.3 is 5.32 Å². The summed E-state index contributed by atoms with van der Waals surface area (Å²) >= 11 is 0. The Morgan fingerprint density at radius 3 is 2.29 bits per heavy atom. The van der Waals surface area contributed by atoms with E-state index in [-0.39, 0.29) is 23.7 Å². The molecule has 2 bridgehead atoms. The Morgan fingerprint density at radius 2 is 1.67 bits per heavy atom. The summed E-state index contributed by atoms with van der Waals surface area (Å²) in [5, 5.41) is 3.92. The molecule has 1 aromatic heterocycles. The van der Waals surface area contributed by atoms with Gasteiger partial charge in [0, 0.05) is 24.2 Å². The Balaban J connectivity index is 1.48. The van der Waals surface area contributed by atoms with Crippen molar-refractivity contribution in [3.63, 3.8) is 0 Å². The molecule has 3 aliphatic rings. The van der Waals surface area contributed by atoms with Crippen molar-refractivity contribution in [2.24, 2.45) is 11.8 Å². The lowest BCUT2D eigenvalue weighted by molar-refractivity contribution is -0.143. The van der Waals surface area contributed by atoms with Crippen molar-refractivity contribution in [3.05, 3.63) is 105 Å². The summed E-state index contributed by atoms with van der Waals surface area (Å²) in [5.41, 5.74) is -5.20. The van der Waals surface area contributed by atoms with Crippen LogP contribution >= 0.6 is 0 Å². The fourth-order valence-electron chi connectivity index (χ4n) is 6.55. The van der Waals surface area contributed by atoms with Crippen LogP contribution in [0, 0.1) is 11.8 Å². The van der Waals surface area contributed by atoms with Crippen LogP contribution in [-0.2, 0) is 12.4 Å². The van der Waals surface area contributed by atoms with E-state index in [1.807, 2.05) is 30.3 Å². The average Bonchev–Trinajstić information content (AvgIpc) is 2.97. The summed E-state index contributed by atoms with van der Waals surface area (Å²) in [7, 11) is 0. The van der Waals surface area contributed by atoms with Gasteiger partial charge in [-0.05, 0) is 72.7 Å². The van der Waals surface area contributed by atoms with E-state index < -0.39 is 51.5 Å². The van der Waals surface area contributed by atoms with Gasteiger partial charge in [-0.3, -0.25) is 19.5 Å². The van der Waals surface area contributed by atoms with Crippen molar-refractivity contribution in [2.75, 3.05) is 18.4 Å². The SMILES string of the molecule is C=CC1CN2CCC1C[C@H]2[C@@H](Nc1c(-c2cc(C(F)(F)F)cc(C(F)(F)F)c2)c(=O)c1=O)c1ccnc2ccccc12. The van der Waals surface area contributed by atoms with E-state index in [4.69, 9.17) is 0 Å². The highest BCUT2D eigenvalue weighted by molar-refractivity contribution is 5.85. The topological polar surface area (TPSA) is 62.3 Å². The molecule has 1 N–H and O–H groups in total. The van der Waals surface area contributed by atoms with E-state index in [0.717, 1.165) is 36.9 Å². The molecule has 0 spiro atoms. The summed E-state index contributed by atoms with van der Waals surface area (Å²) in [5.74, 6) is 0.595. The van der Waals surface area contributed by atoms with E-state index in [1.54, 1.807) is 12.3 Å². The molecule has 0 amide bonds. The molecule has 0 radical (unpaired) electrons. The Labute approximate surface area is 236 Å². The first-order valence-electron chi connectivity index (χ1n) is 13.5. The quantitative estimate of drug-likeness (QED) is 0.157. The largest absolute Gasteiger partial charge is 0.416 e. The number of alkyl halides is 6. The van der Waals surface area contributed by atoms with Crippen molar-refractivity contribution in [3.8, 4) is 11.1 Å².